The molecule has 0 saturated carbocycles. The highest BCUT2D eigenvalue weighted by Gasteiger charge is 2.19. The first-order chi connectivity index (χ1) is 7.70. The molecule has 3 N–H and O–H groups in total. The molecule has 1 unspecified atom stereocenters. The van der Waals surface area contributed by atoms with Crippen molar-refractivity contribution in [3.63, 3.8) is 0 Å². The SMILES string of the molecule is C#CCC(N)C(=O)Nc1nc2c(s1)CCC2. The second kappa shape index (κ2) is 4.64. The minimum absolute atomic E-state index is 0.247. The van der Waals surface area contributed by atoms with Crippen molar-refractivity contribution in [1.82, 2.24) is 4.98 Å². The Hall–Kier alpha value is -1.38. The summed E-state index contributed by atoms with van der Waals surface area (Å²) < 4.78 is 0. The lowest BCUT2D eigenvalue weighted by atomic mass is 10.2. The monoisotopic (exact) mass is 235 g/mol. The van der Waals surface area contributed by atoms with E-state index in [4.69, 9.17) is 12.2 Å². The third-order valence-electron chi connectivity index (χ3n) is 2.50. The van der Waals surface area contributed by atoms with Crippen molar-refractivity contribution >= 4 is 22.4 Å². The number of fused-ring (bicyclic) bond motifs is 1. The Balaban J connectivity index is 1.99. The van der Waals surface area contributed by atoms with Gasteiger partial charge in [0.1, 0.15) is 0 Å². The zero-order valence-corrected chi connectivity index (χ0v) is 9.64. The second-order valence-corrected chi connectivity index (χ2v) is 4.83. The molecule has 0 saturated heterocycles. The van der Waals surface area contributed by atoms with E-state index in [0.29, 0.717) is 5.13 Å². The molecule has 1 atom stereocenters. The number of carbonyl (C=O) groups is 1. The molecule has 1 aliphatic carbocycles. The predicted molar refractivity (Wildman–Crippen MR) is 64.2 cm³/mol. The van der Waals surface area contributed by atoms with Gasteiger partial charge in [0.2, 0.25) is 5.91 Å². The first kappa shape index (κ1) is 11.1. The van der Waals surface area contributed by atoms with E-state index in [2.05, 4.69) is 16.2 Å². The van der Waals surface area contributed by atoms with Gasteiger partial charge in [0.25, 0.3) is 0 Å². The Kier molecular flexibility index (Phi) is 3.22. The molecule has 0 fully saturated rings. The van der Waals surface area contributed by atoms with Crippen LogP contribution in [0.5, 0.6) is 0 Å². The van der Waals surface area contributed by atoms with Gasteiger partial charge in [-0.2, -0.15) is 0 Å². The molecule has 0 spiro atoms. The smallest absolute Gasteiger partial charge is 0.244 e. The van der Waals surface area contributed by atoms with Gasteiger partial charge in [0, 0.05) is 11.3 Å². The number of aryl methyl sites for hydroxylation is 2. The number of carbonyl (C=O) groups excluding carboxylic acids is 1. The molecule has 16 heavy (non-hydrogen) atoms. The van der Waals surface area contributed by atoms with Crippen LogP contribution in [0, 0.1) is 12.3 Å². The van der Waals surface area contributed by atoms with Gasteiger partial charge in [0.15, 0.2) is 5.13 Å². The Labute approximate surface area is 98.3 Å². The summed E-state index contributed by atoms with van der Waals surface area (Å²) in [4.78, 5) is 17.2. The molecular weight excluding hydrogens is 222 g/mol. The highest BCUT2D eigenvalue weighted by molar-refractivity contribution is 7.15. The quantitative estimate of drug-likeness (QED) is 0.766. The van der Waals surface area contributed by atoms with Gasteiger partial charge in [0.05, 0.1) is 11.7 Å². The number of terminal acetylenes is 1. The number of anilines is 1. The Morgan fingerprint density at radius 3 is 3.19 bits per heavy atom. The number of thiazole rings is 1. The zero-order valence-electron chi connectivity index (χ0n) is 8.82. The van der Waals surface area contributed by atoms with Crippen LogP contribution in [0.4, 0.5) is 5.13 Å². The van der Waals surface area contributed by atoms with Crippen LogP contribution < -0.4 is 11.1 Å². The summed E-state index contributed by atoms with van der Waals surface area (Å²) in [6.07, 6.45) is 8.59. The number of nitrogens with zero attached hydrogens (tertiary/aromatic N) is 1. The number of nitrogens with one attached hydrogen (secondary N) is 1. The van der Waals surface area contributed by atoms with Gasteiger partial charge in [-0.25, -0.2) is 4.98 Å². The fourth-order valence-corrected chi connectivity index (χ4v) is 2.71. The number of hydrogen-bond donors (Lipinski definition) is 2. The van der Waals surface area contributed by atoms with Gasteiger partial charge < -0.3 is 11.1 Å². The summed E-state index contributed by atoms with van der Waals surface area (Å²) in [6, 6.07) is -0.649. The van der Waals surface area contributed by atoms with Crippen molar-refractivity contribution in [3.8, 4) is 12.3 Å². The van der Waals surface area contributed by atoms with Crippen molar-refractivity contribution in [2.75, 3.05) is 5.32 Å². The normalized spacial score (nSPS) is 15.2. The van der Waals surface area contributed by atoms with Gasteiger partial charge in [-0.1, -0.05) is 0 Å². The Bertz CT molecular complexity index is 425. The number of aromatic nitrogens is 1. The fourth-order valence-electron chi connectivity index (χ4n) is 1.66. The lowest BCUT2D eigenvalue weighted by Gasteiger charge is -2.06. The highest BCUT2D eigenvalue weighted by Crippen LogP contribution is 2.30. The molecule has 0 aromatic carbocycles. The van der Waals surface area contributed by atoms with Crippen LogP contribution in [0.3, 0.4) is 0 Å². The molecule has 0 bridgehead atoms. The van der Waals surface area contributed by atoms with Crippen LogP contribution in [0.15, 0.2) is 0 Å². The van der Waals surface area contributed by atoms with Crippen LogP contribution in [0.1, 0.15) is 23.4 Å². The topological polar surface area (TPSA) is 68.0 Å². The van der Waals surface area contributed by atoms with Crippen LogP contribution in [-0.2, 0) is 17.6 Å². The third-order valence-corrected chi connectivity index (χ3v) is 3.57. The fraction of sp³-hybridized carbons (Fsp3) is 0.455. The summed E-state index contributed by atoms with van der Waals surface area (Å²) in [5, 5.41) is 3.34. The second-order valence-electron chi connectivity index (χ2n) is 3.75. The summed E-state index contributed by atoms with van der Waals surface area (Å²) in [7, 11) is 0. The van der Waals surface area contributed by atoms with Crippen molar-refractivity contribution in [2.45, 2.75) is 31.7 Å². The number of hydrogen-bond acceptors (Lipinski definition) is 4. The first-order valence-corrected chi connectivity index (χ1v) is 6.01. The van der Waals surface area contributed by atoms with E-state index in [0.717, 1.165) is 18.5 Å². The first-order valence-electron chi connectivity index (χ1n) is 5.19. The maximum absolute atomic E-state index is 11.6. The van der Waals surface area contributed by atoms with Crippen LogP contribution >= 0.6 is 11.3 Å². The molecule has 84 valence electrons. The molecule has 0 radical (unpaired) electrons. The minimum Gasteiger partial charge on any atom is -0.319 e. The van der Waals surface area contributed by atoms with Gasteiger partial charge in [-0.15, -0.1) is 23.7 Å². The maximum atomic E-state index is 11.6. The maximum Gasteiger partial charge on any atom is 0.244 e. The van der Waals surface area contributed by atoms with Crippen LogP contribution in [0.25, 0.3) is 0 Å². The standard InChI is InChI=1S/C11H13N3OS/c1-2-4-7(12)10(15)14-11-13-8-5-3-6-9(8)16-11/h1,7H,3-6,12H2,(H,13,14,15). The van der Waals surface area contributed by atoms with Crippen LogP contribution in [0.2, 0.25) is 0 Å². The molecule has 4 nitrogen and oxygen atoms in total. The Morgan fingerprint density at radius 1 is 1.69 bits per heavy atom. The van der Waals surface area contributed by atoms with Crippen molar-refractivity contribution in [1.29, 1.82) is 0 Å². The van der Waals surface area contributed by atoms with Crippen molar-refractivity contribution in [2.24, 2.45) is 5.73 Å². The molecule has 1 heterocycles. The number of amides is 1. The van der Waals surface area contributed by atoms with Gasteiger partial charge in [-0.05, 0) is 19.3 Å². The minimum atomic E-state index is -0.649. The molecule has 2 rings (SSSR count). The van der Waals surface area contributed by atoms with E-state index < -0.39 is 6.04 Å². The zero-order chi connectivity index (χ0) is 11.5. The van der Waals surface area contributed by atoms with Crippen LogP contribution in [-0.4, -0.2) is 16.9 Å². The number of rotatable bonds is 3. The lowest BCUT2D eigenvalue weighted by molar-refractivity contribution is -0.117. The molecular formula is C11H13N3OS. The third kappa shape index (κ3) is 2.23. The van der Waals surface area contributed by atoms with Crippen molar-refractivity contribution < 1.29 is 4.79 Å². The Morgan fingerprint density at radius 2 is 2.50 bits per heavy atom. The molecule has 0 aliphatic heterocycles. The molecule has 1 aromatic heterocycles. The van der Waals surface area contributed by atoms with Crippen molar-refractivity contribution in [3.05, 3.63) is 10.6 Å². The summed E-state index contributed by atoms with van der Waals surface area (Å²) in [6.45, 7) is 0. The summed E-state index contributed by atoms with van der Waals surface area (Å²) in [5.41, 5.74) is 6.71. The average Bonchev–Trinajstić information content (AvgIpc) is 2.78. The summed E-state index contributed by atoms with van der Waals surface area (Å²) >= 11 is 1.54. The van der Waals surface area contributed by atoms with E-state index in [1.807, 2.05) is 0 Å². The van der Waals surface area contributed by atoms with E-state index in [1.54, 1.807) is 0 Å². The number of nitrogens with two attached hydrogens (primary N) is 1. The average molecular weight is 235 g/mol. The predicted octanol–water partition coefficient (Wildman–Crippen LogP) is 0.921. The molecule has 5 heteroatoms. The molecule has 1 aromatic rings. The van der Waals surface area contributed by atoms with Gasteiger partial charge in [-0.3, -0.25) is 4.79 Å². The molecule has 1 aliphatic rings. The van der Waals surface area contributed by atoms with E-state index in [9.17, 15) is 4.79 Å². The molecule has 1 amide bonds. The van der Waals surface area contributed by atoms with Gasteiger partial charge >= 0.3 is 0 Å². The van der Waals surface area contributed by atoms with E-state index in [1.165, 1.54) is 22.6 Å². The summed E-state index contributed by atoms with van der Waals surface area (Å²) in [5.74, 6) is 2.11. The largest absolute Gasteiger partial charge is 0.319 e. The highest BCUT2D eigenvalue weighted by atomic mass is 32.1. The lowest BCUT2D eigenvalue weighted by Crippen LogP contribution is -2.35. The van der Waals surface area contributed by atoms with E-state index >= 15 is 0 Å². The van der Waals surface area contributed by atoms with E-state index in [-0.39, 0.29) is 12.3 Å².